The van der Waals surface area contributed by atoms with Crippen LogP contribution in [0.25, 0.3) is 0 Å². The Labute approximate surface area is 195 Å². The first kappa shape index (κ1) is 23.0. The van der Waals surface area contributed by atoms with E-state index in [1.807, 2.05) is 61.6 Å². The second-order valence-electron chi connectivity index (χ2n) is 9.69. The van der Waals surface area contributed by atoms with Crippen molar-refractivity contribution >= 4 is 18.0 Å². The first-order valence-corrected chi connectivity index (χ1v) is 11.3. The van der Waals surface area contributed by atoms with Crippen LogP contribution in [0.15, 0.2) is 64.3 Å². The minimum absolute atomic E-state index is 0.0490. The number of quaternary nitrogens is 1. The predicted molar refractivity (Wildman–Crippen MR) is 124 cm³/mol. The van der Waals surface area contributed by atoms with E-state index in [9.17, 15) is 9.90 Å². The van der Waals surface area contributed by atoms with E-state index in [1.54, 1.807) is 7.11 Å². The molecule has 7 nitrogen and oxygen atoms in total. The normalized spacial score (nSPS) is 23.8. The molecule has 0 amide bonds. The highest BCUT2D eigenvalue weighted by molar-refractivity contribution is 6.08. The van der Waals surface area contributed by atoms with Crippen molar-refractivity contribution in [1.29, 1.82) is 0 Å². The summed E-state index contributed by atoms with van der Waals surface area (Å²) in [5, 5.41) is 13.3. The third kappa shape index (κ3) is 4.78. The van der Waals surface area contributed by atoms with Crippen molar-refractivity contribution in [2.24, 2.45) is 10.4 Å². The highest BCUT2D eigenvalue weighted by Crippen LogP contribution is 2.47. The highest BCUT2D eigenvalue weighted by Gasteiger charge is 2.39. The Morgan fingerprint density at radius 3 is 2.64 bits per heavy atom. The average Bonchev–Trinajstić information content (AvgIpc) is 3.16. The fourth-order valence-corrected chi connectivity index (χ4v) is 4.79. The summed E-state index contributed by atoms with van der Waals surface area (Å²) in [6.45, 7) is 6.89. The molecule has 0 spiro atoms. The molecule has 1 aromatic rings. The molecule has 0 fully saturated rings. The molecule has 2 atom stereocenters. The lowest BCUT2D eigenvalue weighted by Crippen LogP contribution is -3.06. The number of ether oxygens (including phenoxy) is 2. The number of carbonyl (C=O) groups excluding carboxylic acids is 1. The van der Waals surface area contributed by atoms with Crippen LogP contribution >= 0.6 is 0 Å². The number of allylic oxidation sites excluding steroid dienone is 3. The molecular formula is C26H32N3O4+. The van der Waals surface area contributed by atoms with E-state index in [0.717, 1.165) is 21.9 Å². The van der Waals surface area contributed by atoms with Gasteiger partial charge in [0.1, 0.15) is 25.9 Å². The molecule has 2 unspecified atom stereocenters. The summed E-state index contributed by atoms with van der Waals surface area (Å²) >= 11 is 0. The molecule has 0 saturated heterocycles. The molecule has 0 bridgehead atoms. The molecule has 1 aliphatic carbocycles. The van der Waals surface area contributed by atoms with Gasteiger partial charge in [-0.1, -0.05) is 26.0 Å². The van der Waals surface area contributed by atoms with Gasteiger partial charge in [-0.15, -0.1) is 5.76 Å². The lowest BCUT2D eigenvalue weighted by Gasteiger charge is -2.42. The van der Waals surface area contributed by atoms with Gasteiger partial charge in [-0.25, -0.2) is 9.69 Å². The second kappa shape index (κ2) is 8.98. The van der Waals surface area contributed by atoms with Crippen LogP contribution in [-0.4, -0.2) is 49.9 Å². The van der Waals surface area contributed by atoms with Gasteiger partial charge in [0.15, 0.2) is 6.20 Å². The Balaban J connectivity index is 1.67. The largest absolute Gasteiger partial charge is 0.875 e. The molecule has 1 aromatic carbocycles. The smallest absolute Gasteiger partial charge is 0.337 e. The summed E-state index contributed by atoms with van der Waals surface area (Å²) in [6, 6.07) is 7.53. The average molecular weight is 451 g/mol. The number of nitrogens with zero attached hydrogens (tertiary/aromatic N) is 2. The van der Waals surface area contributed by atoms with Crippen LogP contribution in [-0.2, 0) is 9.53 Å². The van der Waals surface area contributed by atoms with Crippen molar-refractivity contribution in [2.45, 2.75) is 39.5 Å². The van der Waals surface area contributed by atoms with Crippen molar-refractivity contribution in [3.05, 3.63) is 64.8 Å². The molecule has 0 aromatic heterocycles. The standard InChI is InChI=1S/C26H31N3O4/c1-17-22(25(31)33-13-12-29-11-10-28(4)16-29)23(18-6-8-19(32-5)9-7-18)24-20(27-17)14-26(2,3)15-21(24)30/h6-11,16,23H,12-15H2,1-5H3/p+1. The zero-order chi connectivity index (χ0) is 23.8. The van der Waals surface area contributed by atoms with E-state index >= 15 is 0 Å². The van der Waals surface area contributed by atoms with Crippen LogP contribution in [0.4, 0.5) is 0 Å². The van der Waals surface area contributed by atoms with Gasteiger partial charge in [0, 0.05) is 17.3 Å². The molecule has 2 aliphatic heterocycles. The minimum Gasteiger partial charge on any atom is -0.875 e. The number of hydrogen-bond donors (Lipinski definition) is 1. The van der Waals surface area contributed by atoms with Gasteiger partial charge in [-0.05, 0) is 48.4 Å². The molecule has 4 rings (SSSR count). The van der Waals surface area contributed by atoms with Gasteiger partial charge in [0.2, 0.25) is 6.20 Å². The third-order valence-corrected chi connectivity index (χ3v) is 6.35. The quantitative estimate of drug-likeness (QED) is 0.527. The number of fused-ring (bicyclic) bond motifs is 1. The molecular weight excluding hydrogens is 418 g/mol. The van der Waals surface area contributed by atoms with Crippen LogP contribution in [0.1, 0.15) is 45.1 Å². The number of esters is 1. The van der Waals surface area contributed by atoms with Gasteiger partial charge in [0.25, 0.3) is 0 Å². The fraction of sp³-hybridized carbons (Fsp3) is 0.423. The first-order valence-electron chi connectivity index (χ1n) is 11.3. The van der Waals surface area contributed by atoms with E-state index in [2.05, 4.69) is 13.8 Å². The summed E-state index contributed by atoms with van der Waals surface area (Å²) in [4.78, 5) is 19.2. The van der Waals surface area contributed by atoms with Gasteiger partial charge in [-0.2, -0.15) is 4.58 Å². The van der Waals surface area contributed by atoms with Crippen LogP contribution in [0.3, 0.4) is 0 Å². The Bertz CT molecular complexity index is 1110. The van der Waals surface area contributed by atoms with Gasteiger partial charge >= 0.3 is 12.3 Å². The highest BCUT2D eigenvalue weighted by atomic mass is 16.5. The number of benzene rings is 1. The molecule has 1 N–H and O–H groups in total. The summed E-state index contributed by atoms with van der Waals surface area (Å²) in [6.07, 6.45) is 7.12. The number of aliphatic imine (C=N–C) groups is 1. The fourth-order valence-electron chi connectivity index (χ4n) is 4.79. The number of carbonyl (C=O) groups is 1. The Morgan fingerprint density at radius 1 is 1.27 bits per heavy atom. The molecule has 2 heterocycles. The van der Waals surface area contributed by atoms with E-state index in [1.165, 1.54) is 0 Å². The molecule has 0 saturated carbocycles. The van der Waals surface area contributed by atoms with E-state index in [0.29, 0.717) is 36.2 Å². The van der Waals surface area contributed by atoms with Crippen LogP contribution < -0.4 is 14.7 Å². The summed E-state index contributed by atoms with van der Waals surface area (Å²) in [5.74, 6) is -0.140. The zero-order valence-corrected chi connectivity index (χ0v) is 20.0. The minimum atomic E-state index is -0.490. The van der Waals surface area contributed by atoms with Crippen LogP contribution in [0.2, 0.25) is 0 Å². The molecule has 33 heavy (non-hydrogen) atoms. The van der Waals surface area contributed by atoms with Crippen LogP contribution in [0, 0.1) is 5.41 Å². The molecule has 0 radical (unpaired) electrons. The van der Waals surface area contributed by atoms with Gasteiger partial charge in [-0.3, -0.25) is 4.99 Å². The van der Waals surface area contributed by atoms with Crippen LogP contribution in [0.5, 0.6) is 5.75 Å². The lowest BCUT2D eigenvalue weighted by molar-refractivity contribution is -0.749. The topological polar surface area (TPSA) is 78.4 Å². The second-order valence-corrected chi connectivity index (χ2v) is 9.69. The molecule has 7 heteroatoms. The number of methoxy groups -OCH3 is 1. The summed E-state index contributed by atoms with van der Waals surface area (Å²) in [5.41, 5.74) is 3.18. The van der Waals surface area contributed by atoms with Gasteiger partial charge < -0.3 is 14.6 Å². The SMILES string of the molecule is COc1ccc(C2C3=C([O-])CC(C)(C)CC3=NC(C)=C2C(=O)OCC[NH+]2C=C[N+](C)=C2)cc1. The van der Waals surface area contributed by atoms with Crippen molar-refractivity contribution < 1.29 is 28.9 Å². The maximum atomic E-state index is 13.3. The maximum absolute atomic E-state index is 13.3. The van der Waals surface area contributed by atoms with E-state index in [-0.39, 0.29) is 17.8 Å². The van der Waals surface area contributed by atoms with Crippen molar-refractivity contribution in [1.82, 2.24) is 0 Å². The van der Waals surface area contributed by atoms with Crippen molar-refractivity contribution in [3.63, 3.8) is 0 Å². The number of rotatable bonds is 6. The number of nitrogens with one attached hydrogen (secondary N) is 1. The zero-order valence-electron chi connectivity index (χ0n) is 20.0. The lowest BCUT2D eigenvalue weighted by atomic mass is 9.69. The number of hydrogen-bond acceptors (Lipinski definition) is 5. The maximum Gasteiger partial charge on any atom is 0.337 e. The van der Waals surface area contributed by atoms with E-state index < -0.39 is 11.9 Å². The predicted octanol–water partition coefficient (Wildman–Crippen LogP) is 1.53. The van der Waals surface area contributed by atoms with Crippen molar-refractivity contribution in [2.75, 3.05) is 27.3 Å². The molecule has 3 aliphatic rings. The van der Waals surface area contributed by atoms with Gasteiger partial charge in [0.05, 0.1) is 12.7 Å². The Morgan fingerprint density at radius 2 is 2.00 bits per heavy atom. The Kier molecular flexibility index (Phi) is 6.26. The Hall–Kier alpha value is -3.19. The van der Waals surface area contributed by atoms with Crippen molar-refractivity contribution in [3.8, 4) is 5.75 Å². The summed E-state index contributed by atoms with van der Waals surface area (Å²) < 4.78 is 13.0. The monoisotopic (exact) mass is 450 g/mol. The van der Waals surface area contributed by atoms with E-state index in [4.69, 9.17) is 14.5 Å². The molecule has 174 valence electrons. The third-order valence-electron chi connectivity index (χ3n) is 6.35. The first-order chi connectivity index (χ1) is 15.7. The summed E-state index contributed by atoms with van der Waals surface area (Å²) in [7, 11) is 3.57.